The number of urea groups is 1. The summed E-state index contributed by atoms with van der Waals surface area (Å²) in [5.74, 6) is 0.599. The number of fused-ring (bicyclic) bond motifs is 2. The van der Waals surface area contributed by atoms with E-state index in [4.69, 9.17) is 13.8 Å². The van der Waals surface area contributed by atoms with Crippen LogP contribution in [0.25, 0.3) is 0 Å². The van der Waals surface area contributed by atoms with Crippen LogP contribution in [0.1, 0.15) is 49.6 Å². The van der Waals surface area contributed by atoms with E-state index in [1.165, 1.54) is 11.3 Å². The SMILES string of the molecule is O=C1N2C[C@@H](CC[C@H]2c2cc(COC3CCC3)on2)N1OS(=O)(=O)O. The van der Waals surface area contributed by atoms with E-state index in [0.29, 0.717) is 37.4 Å². The Balaban J connectivity index is 1.43. The third kappa shape index (κ3) is 3.36. The Bertz CT molecular complexity index is 760. The number of aromatic nitrogens is 1. The summed E-state index contributed by atoms with van der Waals surface area (Å²) in [4.78, 5) is 13.9. The minimum absolute atomic E-state index is 0.287. The fourth-order valence-electron chi connectivity index (χ4n) is 3.43. The van der Waals surface area contributed by atoms with Crippen LogP contribution >= 0.6 is 0 Å². The van der Waals surface area contributed by atoms with Crippen LogP contribution in [0.5, 0.6) is 0 Å². The molecule has 1 saturated carbocycles. The molecule has 0 aromatic carbocycles. The van der Waals surface area contributed by atoms with Crippen molar-refractivity contribution in [2.75, 3.05) is 6.54 Å². The van der Waals surface area contributed by atoms with Crippen LogP contribution in [-0.2, 0) is 26.0 Å². The Kier molecular flexibility index (Phi) is 4.18. The van der Waals surface area contributed by atoms with Crippen LogP contribution in [0.4, 0.5) is 4.79 Å². The van der Waals surface area contributed by atoms with E-state index in [2.05, 4.69) is 9.44 Å². The van der Waals surface area contributed by atoms with Crippen molar-refractivity contribution in [3.8, 4) is 0 Å². The van der Waals surface area contributed by atoms with Gasteiger partial charge in [-0.25, -0.2) is 4.79 Å². The summed E-state index contributed by atoms with van der Waals surface area (Å²) in [5.41, 5.74) is 0.604. The van der Waals surface area contributed by atoms with Crippen molar-refractivity contribution >= 4 is 16.4 Å². The highest BCUT2D eigenvalue weighted by molar-refractivity contribution is 7.80. The third-order valence-electron chi connectivity index (χ3n) is 4.93. The lowest BCUT2D eigenvalue weighted by molar-refractivity contribution is -0.0317. The van der Waals surface area contributed by atoms with Gasteiger partial charge >= 0.3 is 16.4 Å². The average Bonchev–Trinajstić information content (AvgIpc) is 3.05. The van der Waals surface area contributed by atoms with Crippen molar-refractivity contribution in [1.82, 2.24) is 15.1 Å². The topological polar surface area (TPSA) is 122 Å². The number of hydroxylamine groups is 2. The molecule has 0 unspecified atom stereocenters. The number of hydrogen-bond donors (Lipinski definition) is 1. The quantitative estimate of drug-likeness (QED) is 0.743. The molecule has 1 aromatic heterocycles. The first-order valence-corrected chi connectivity index (χ1v) is 9.61. The van der Waals surface area contributed by atoms with Gasteiger partial charge in [0.05, 0.1) is 18.2 Å². The maximum absolute atomic E-state index is 12.4. The summed E-state index contributed by atoms with van der Waals surface area (Å²) < 4.78 is 46.0. The van der Waals surface area contributed by atoms with E-state index < -0.39 is 22.5 Å². The zero-order valence-corrected chi connectivity index (χ0v) is 14.2. The van der Waals surface area contributed by atoms with Gasteiger partial charge in [-0.3, -0.25) is 4.55 Å². The first-order chi connectivity index (χ1) is 11.9. The Hall–Kier alpha value is -1.69. The molecule has 10 nitrogen and oxygen atoms in total. The smallest absolute Gasteiger partial charge is 0.370 e. The van der Waals surface area contributed by atoms with Gasteiger partial charge in [-0.05, 0) is 32.1 Å². The molecule has 1 aliphatic carbocycles. The van der Waals surface area contributed by atoms with Crippen molar-refractivity contribution < 1.29 is 31.3 Å². The van der Waals surface area contributed by atoms with Gasteiger partial charge in [0.2, 0.25) is 0 Å². The summed E-state index contributed by atoms with van der Waals surface area (Å²) in [6.45, 7) is 0.652. The van der Waals surface area contributed by atoms with E-state index in [1.54, 1.807) is 6.07 Å². The monoisotopic (exact) mass is 373 g/mol. The van der Waals surface area contributed by atoms with Gasteiger partial charge in [0.15, 0.2) is 5.76 Å². The van der Waals surface area contributed by atoms with E-state index in [1.807, 2.05) is 0 Å². The Morgan fingerprint density at radius 1 is 1.32 bits per heavy atom. The molecule has 3 aliphatic rings. The summed E-state index contributed by atoms with van der Waals surface area (Å²) in [5, 5.41) is 4.75. The van der Waals surface area contributed by atoms with Crippen LogP contribution < -0.4 is 0 Å². The first kappa shape index (κ1) is 16.8. The lowest BCUT2D eigenvalue weighted by Gasteiger charge is -2.28. The van der Waals surface area contributed by atoms with Gasteiger partial charge in [-0.2, -0.15) is 13.5 Å². The number of hydrogen-bond acceptors (Lipinski definition) is 7. The van der Waals surface area contributed by atoms with Crippen molar-refractivity contribution in [2.24, 2.45) is 0 Å². The number of rotatable bonds is 6. The second-order valence-electron chi connectivity index (χ2n) is 6.59. The maximum Gasteiger partial charge on any atom is 0.418 e. The number of carbonyl (C=O) groups is 1. The molecule has 3 fully saturated rings. The number of piperidine rings is 1. The molecule has 25 heavy (non-hydrogen) atoms. The Morgan fingerprint density at radius 3 is 2.80 bits per heavy atom. The molecular formula is C14H19N3O7S. The standard InChI is InChI=1S/C14H19N3O7S/c18-14-16-7-9(17(14)24-25(19,20)21)4-5-13(16)12-6-11(23-15-12)8-22-10-2-1-3-10/h6,9-10,13H,1-5,7-8H2,(H,19,20,21)/t9-,13+/m1/s1. The molecule has 0 radical (unpaired) electrons. The van der Waals surface area contributed by atoms with E-state index in [9.17, 15) is 13.2 Å². The molecule has 138 valence electrons. The zero-order chi connectivity index (χ0) is 17.6. The van der Waals surface area contributed by atoms with Crippen molar-refractivity contribution in [3.63, 3.8) is 0 Å². The highest BCUT2D eigenvalue weighted by Gasteiger charge is 2.48. The first-order valence-electron chi connectivity index (χ1n) is 8.24. The third-order valence-corrected chi connectivity index (χ3v) is 5.28. The zero-order valence-electron chi connectivity index (χ0n) is 13.4. The minimum Gasteiger partial charge on any atom is -0.370 e. The summed E-state index contributed by atoms with van der Waals surface area (Å²) in [6, 6.07) is 0.419. The highest BCUT2D eigenvalue weighted by Crippen LogP contribution is 2.38. The summed E-state index contributed by atoms with van der Waals surface area (Å²) in [6.07, 6.45) is 4.73. The molecule has 4 rings (SSSR count). The molecule has 0 spiro atoms. The van der Waals surface area contributed by atoms with Crippen molar-refractivity contribution in [1.29, 1.82) is 0 Å². The number of carbonyl (C=O) groups excluding carboxylic acids is 1. The molecular weight excluding hydrogens is 354 g/mol. The molecule has 3 heterocycles. The Morgan fingerprint density at radius 2 is 2.12 bits per heavy atom. The molecule has 11 heteroatoms. The van der Waals surface area contributed by atoms with Crippen molar-refractivity contribution in [3.05, 3.63) is 17.5 Å². The Labute approximate surface area is 144 Å². The fraction of sp³-hybridized carbons (Fsp3) is 0.714. The molecule has 2 aliphatic heterocycles. The van der Waals surface area contributed by atoms with Crippen LogP contribution in [0.2, 0.25) is 0 Å². The van der Waals surface area contributed by atoms with Gasteiger partial charge in [0.1, 0.15) is 12.3 Å². The molecule has 2 amide bonds. The van der Waals surface area contributed by atoms with Crippen LogP contribution in [-0.4, -0.2) is 52.8 Å². The minimum atomic E-state index is -4.74. The fourth-order valence-corrected chi connectivity index (χ4v) is 3.82. The largest absolute Gasteiger partial charge is 0.418 e. The second kappa shape index (κ2) is 6.24. The lowest BCUT2D eigenvalue weighted by Crippen LogP contribution is -2.35. The van der Waals surface area contributed by atoms with Crippen LogP contribution in [0.15, 0.2) is 10.6 Å². The molecule has 1 aromatic rings. The van der Waals surface area contributed by atoms with Gasteiger partial charge in [0, 0.05) is 12.6 Å². The van der Waals surface area contributed by atoms with Gasteiger partial charge < -0.3 is 14.2 Å². The predicted molar refractivity (Wildman–Crippen MR) is 81.3 cm³/mol. The predicted octanol–water partition coefficient (Wildman–Crippen LogP) is 1.42. The average molecular weight is 373 g/mol. The van der Waals surface area contributed by atoms with Gasteiger partial charge in [0.25, 0.3) is 0 Å². The van der Waals surface area contributed by atoms with E-state index in [-0.39, 0.29) is 12.1 Å². The molecule has 2 atom stereocenters. The molecule has 2 bridgehead atoms. The van der Waals surface area contributed by atoms with E-state index >= 15 is 0 Å². The van der Waals surface area contributed by atoms with Gasteiger partial charge in [-0.15, -0.1) is 4.28 Å². The summed E-state index contributed by atoms with van der Waals surface area (Å²) >= 11 is 0. The van der Waals surface area contributed by atoms with Gasteiger partial charge in [-0.1, -0.05) is 5.16 Å². The van der Waals surface area contributed by atoms with E-state index in [0.717, 1.165) is 17.9 Å². The molecule has 2 saturated heterocycles. The lowest BCUT2D eigenvalue weighted by atomic mass is 9.96. The van der Waals surface area contributed by atoms with Crippen molar-refractivity contribution in [2.45, 2.75) is 56.9 Å². The summed E-state index contributed by atoms with van der Waals surface area (Å²) in [7, 11) is -4.74. The number of nitrogens with zero attached hydrogens (tertiary/aromatic N) is 3. The normalized spacial score (nSPS) is 27.0. The second-order valence-corrected chi connectivity index (χ2v) is 7.60. The van der Waals surface area contributed by atoms with Crippen LogP contribution in [0, 0.1) is 0 Å². The number of amides is 2. The molecule has 1 N–H and O–H groups in total. The highest BCUT2D eigenvalue weighted by atomic mass is 32.3. The van der Waals surface area contributed by atoms with Crippen LogP contribution in [0.3, 0.4) is 0 Å². The maximum atomic E-state index is 12.4. The number of ether oxygens (including phenoxy) is 1.